The van der Waals surface area contributed by atoms with Crippen LogP contribution in [0.1, 0.15) is 37.7 Å². The zero-order valence-electron chi connectivity index (χ0n) is 11.5. The van der Waals surface area contributed by atoms with Crippen molar-refractivity contribution in [2.24, 2.45) is 17.8 Å². The fourth-order valence-corrected chi connectivity index (χ4v) is 3.46. The van der Waals surface area contributed by atoms with Gasteiger partial charge in [0.05, 0.1) is 5.92 Å². The number of hydrogen-bond acceptors (Lipinski definition) is 2. The molecule has 0 saturated heterocycles. The highest BCUT2D eigenvalue weighted by atomic mass is 16.4. The Balaban J connectivity index is 1.67. The van der Waals surface area contributed by atoms with E-state index in [1.807, 2.05) is 6.07 Å². The minimum absolute atomic E-state index is 0.0971. The molecule has 3 rings (SSSR count). The summed E-state index contributed by atoms with van der Waals surface area (Å²) >= 11 is 0. The predicted molar refractivity (Wildman–Crippen MR) is 75.4 cm³/mol. The van der Waals surface area contributed by atoms with Crippen LogP contribution in [0.2, 0.25) is 0 Å². The molecule has 1 aromatic rings. The third-order valence-electron chi connectivity index (χ3n) is 4.73. The quantitative estimate of drug-likeness (QED) is 0.886. The topological polar surface area (TPSA) is 66.4 Å². The molecule has 0 spiro atoms. The number of hydrogen-bond donors (Lipinski definition) is 2. The van der Waals surface area contributed by atoms with E-state index in [0.717, 1.165) is 0 Å². The van der Waals surface area contributed by atoms with Gasteiger partial charge in [-0.25, -0.2) is 0 Å². The minimum atomic E-state index is -0.856. The Morgan fingerprint density at radius 3 is 2.65 bits per heavy atom. The fraction of sp³-hybridized carbons (Fsp3) is 0.500. The largest absolute Gasteiger partial charge is 0.481 e. The Kier molecular flexibility index (Phi) is 3.24. The summed E-state index contributed by atoms with van der Waals surface area (Å²) in [5.41, 5.74) is 1.41. The molecule has 20 heavy (non-hydrogen) atoms. The van der Waals surface area contributed by atoms with Crippen LogP contribution in [-0.4, -0.2) is 17.0 Å². The molecule has 3 atom stereocenters. The van der Waals surface area contributed by atoms with Gasteiger partial charge in [0.1, 0.15) is 0 Å². The molecule has 2 saturated carbocycles. The first kappa shape index (κ1) is 13.2. The summed E-state index contributed by atoms with van der Waals surface area (Å²) < 4.78 is 0. The van der Waals surface area contributed by atoms with Gasteiger partial charge in [-0.1, -0.05) is 18.6 Å². The molecule has 3 unspecified atom stereocenters. The SMILES string of the molecule is CC(C(=O)O)c1cccc(NC(=O)C2C3CCCC32)c1. The lowest BCUT2D eigenvalue weighted by Crippen LogP contribution is -2.17. The molecular formula is C16H19NO3. The highest BCUT2D eigenvalue weighted by Gasteiger charge is 2.56. The van der Waals surface area contributed by atoms with Gasteiger partial charge in [-0.2, -0.15) is 0 Å². The predicted octanol–water partition coefficient (Wildman–Crippen LogP) is 2.86. The molecule has 2 N–H and O–H groups in total. The molecule has 4 nitrogen and oxygen atoms in total. The standard InChI is InChI=1S/C16H19NO3/c1-9(16(19)20)10-4-2-5-11(8-10)17-15(18)14-12-6-3-7-13(12)14/h2,4-5,8-9,12-14H,3,6-7H2,1H3,(H,17,18)(H,19,20). The minimum Gasteiger partial charge on any atom is -0.481 e. The summed E-state index contributed by atoms with van der Waals surface area (Å²) in [7, 11) is 0. The summed E-state index contributed by atoms with van der Waals surface area (Å²) in [5.74, 6) is 0.0498. The average Bonchev–Trinajstić information content (AvgIpc) is 2.92. The monoisotopic (exact) mass is 273 g/mol. The summed E-state index contributed by atoms with van der Waals surface area (Å²) in [4.78, 5) is 23.2. The van der Waals surface area contributed by atoms with Crippen molar-refractivity contribution in [3.05, 3.63) is 29.8 Å². The summed E-state index contributed by atoms with van der Waals surface area (Å²) in [6.07, 6.45) is 3.61. The van der Waals surface area contributed by atoms with E-state index in [0.29, 0.717) is 23.1 Å². The normalized spacial score (nSPS) is 28.6. The number of benzene rings is 1. The number of carboxylic acid groups (broad SMARTS) is 1. The lowest BCUT2D eigenvalue weighted by molar-refractivity contribution is -0.138. The number of anilines is 1. The molecule has 0 aromatic heterocycles. The number of amides is 1. The van der Waals surface area contributed by atoms with E-state index in [2.05, 4.69) is 5.32 Å². The van der Waals surface area contributed by atoms with Crippen molar-refractivity contribution >= 4 is 17.6 Å². The number of carboxylic acids is 1. The van der Waals surface area contributed by atoms with Gasteiger partial charge in [0.15, 0.2) is 0 Å². The molecule has 0 bridgehead atoms. The smallest absolute Gasteiger partial charge is 0.310 e. The number of rotatable bonds is 4. The van der Waals surface area contributed by atoms with E-state index in [1.165, 1.54) is 19.3 Å². The van der Waals surface area contributed by atoms with Gasteiger partial charge in [-0.15, -0.1) is 0 Å². The second-order valence-electron chi connectivity index (χ2n) is 5.96. The van der Waals surface area contributed by atoms with E-state index in [9.17, 15) is 9.59 Å². The van der Waals surface area contributed by atoms with Gasteiger partial charge >= 0.3 is 5.97 Å². The molecule has 4 heteroatoms. The Bertz CT molecular complexity index is 544. The number of aliphatic carboxylic acids is 1. The summed E-state index contributed by atoms with van der Waals surface area (Å²) in [6.45, 7) is 1.65. The molecule has 2 fully saturated rings. The van der Waals surface area contributed by atoms with Crippen molar-refractivity contribution in [2.45, 2.75) is 32.1 Å². The second kappa shape index (κ2) is 4.93. The van der Waals surface area contributed by atoms with Crippen molar-refractivity contribution in [2.75, 3.05) is 5.32 Å². The van der Waals surface area contributed by atoms with Gasteiger partial charge in [0, 0.05) is 11.6 Å². The highest BCUT2D eigenvalue weighted by Crippen LogP contribution is 2.57. The highest BCUT2D eigenvalue weighted by molar-refractivity contribution is 5.95. The van der Waals surface area contributed by atoms with E-state index in [-0.39, 0.29) is 11.8 Å². The van der Waals surface area contributed by atoms with Crippen molar-refractivity contribution < 1.29 is 14.7 Å². The number of carbonyl (C=O) groups excluding carboxylic acids is 1. The van der Waals surface area contributed by atoms with Crippen LogP contribution in [0, 0.1) is 17.8 Å². The molecule has 0 heterocycles. The van der Waals surface area contributed by atoms with Gasteiger partial charge in [0.25, 0.3) is 0 Å². The van der Waals surface area contributed by atoms with Gasteiger partial charge < -0.3 is 10.4 Å². The van der Waals surface area contributed by atoms with Gasteiger partial charge in [-0.3, -0.25) is 9.59 Å². The van der Waals surface area contributed by atoms with Gasteiger partial charge in [0.2, 0.25) is 5.91 Å². The van der Waals surface area contributed by atoms with Crippen LogP contribution in [-0.2, 0) is 9.59 Å². The van der Waals surface area contributed by atoms with Crippen LogP contribution in [0.25, 0.3) is 0 Å². The zero-order valence-corrected chi connectivity index (χ0v) is 11.5. The van der Waals surface area contributed by atoms with Crippen molar-refractivity contribution in [3.8, 4) is 0 Å². The molecule has 2 aliphatic rings. The Morgan fingerprint density at radius 1 is 1.30 bits per heavy atom. The maximum Gasteiger partial charge on any atom is 0.310 e. The lowest BCUT2D eigenvalue weighted by Gasteiger charge is -2.10. The Hall–Kier alpha value is -1.84. The fourth-order valence-electron chi connectivity index (χ4n) is 3.46. The number of carbonyl (C=O) groups is 2. The van der Waals surface area contributed by atoms with Crippen molar-refractivity contribution in [1.82, 2.24) is 0 Å². The van der Waals surface area contributed by atoms with E-state index in [1.54, 1.807) is 25.1 Å². The Morgan fingerprint density at radius 2 is 2.00 bits per heavy atom. The van der Waals surface area contributed by atoms with Crippen LogP contribution in [0.5, 0.6) is 0 Å². The molecule has 0 aliphatic heterocycles. The van der Waals surface area contributed by atoms with Crippen LogP contribution in [0.3, 0.4) is 0 Å². The number of nitrogens with one attached hydrogen (secondary N) is 1. The van der Waals surface area contributed by atoms with Crippen LogP contribution in [0.4, 0.5) is 5.69 Å². The third-order valence-corrected chi connectivity index (χ3v) is 4.73. The van der Waals surface area contributed by atoms with E-state index in [4.69, 9.17) is 5.11 Å². The molecule has 0 radical (unpaired) electrons. The average molecular weight is 273 g/mol. The van der Waals surface area contributed by atoms with Crippen LogP contribution < -0.4 is 5.32 Å². The summed E-state index contributed by atoms with van der Waals surface area (Å²) in [5, 5.41) is 12.0. The first-order valence-electron chi connectivity index (χ1n) is 7.21. The van der Waals surface area contributed by atoms with E-state index < -0.39 is 11.9 Å². The number of fused-ring (bicyclic) bond motifs is 1. The van der Waals surface area contributed by atoms with E-state index >= 15 is 0 Å². The maximum absolute atomic E-state index is 12.2. The van der Waals surface area contributed by atoms with Crippen molar-refractivity contribution in [3.63, 3.8) is 0 Å². The molecule has 2 aliphatic carbocycles. The van der Waals surface area contributed by atoms with Crippen molar-refractivity contribution in [1.29, 1.82) is 0 Å². The first-order chi connectivity index (χ1) is 9.58. The molecular weight excluding hydrogens is 254 g/mol. The van der Waals surface area contributed by atoms with Crippen LogP contribution >= 0.6 is 0 Å². The third kappa shape index (κ3) is 2.30. The second-order valence-corrected chi connectivity index (χ2v) is 5.96. The lowest BCUT2D eigenvalue weighted by atomic mass is 10.0. The van der Waals surface area contributed by atoms with Gasteiger partial charge in [-0.05, 0) is 49.3 Å². The maximum atomic E-state index is 12.2. The molecule has 106 valence electrons. The first-order valence-corrected chi connectivity index (χ1v) is 7.21. The zero-order chi connectivity index (χ0) is 14.3. The summed E-state index contributed by atoms with van der Waals surface area (Å²) in [6, 6.07) is 7.14. The molecule has 1 aromatic carbocycles. The Labute approximate surface area is 118 Å². The van der Waals surface area contributed by atoms with Crippen LogP contribution in [0.15, 0.2) is 24.3 Å². The molecule has 1 amide bonds.